The summed E-state index contributed by atoms with van der Waals surface area (Å²) < 4.78 is 0. The number of aliphatic imine (C=N–C) groups is 2. The molecular weight excluding hydrogens is 330 g/mol. The average Bonchev–Trinajstić information content (AvgIpc) is 3.10. The number of amides is 1. The fourth-order valence-electron chi connectivity index (χ4n) is 2.70. The summed E-state index contributed by atoms with van der Waals surface area (Å²) in [7, 11) is 0. The second-order valence-corrected chi connectivity index (χ2v) is 6.56. The summed E-state index contributed by atoms with van der Waals surface area (Å²) >= 11 is 1.58. The summed E-state index contributed by atoms with van der Waals surface area (Å²) in [5.41, 5.74) is 1.99. The highest BCUT2D eigenvalue weighted by Gasteiger charge is 2.20. The molecule has 4 rings (SSSR count). The number of rotatable bonds is 2. The van der Waals surface area contributed by atoms with Gasteiger partial charge in [-0.15, -0.1) is 11.3 Å². The number of nitrogens with zero attached hydrogens (tertiary/aromatic N) is 3. The minimum absolute atomic E-state index is 0.314. The van der Waals surface area contributed by atoms with Crippen molar-refractivity contribution in [3.05, 3.63) is 88.3 Å². The van der Waals surface area contributed by atoms with E-state index < -0.39 is 0 Å². The van der Waals surface area contributed by atoms with Crippen LogP contribution < -0.4 is 0 Å². The summed E-state index contributed by atoms with van der Waals surface area (Å²) in [6, 6.07) is 11.8. The Morgan fingerprint density at radius 2 is 2.12 bits per heavy atom. The van der Waals surface area contributed by atoms with Gasteiger partial charge in [0.2, 0.25) is 0 Å². The van der Waals surface area contributed by atoms with Gasteiger partial charge in [-0.25, -0.2) is 4.99 Å². The van der Waals surface area contributed by atoms with E-state index in [9.17, 15) is 4.79 Å². The van der Waals surface area contributed by atoms with E-state index in [1.165, 1.54) is 6.08 Å². The maximum atomic E-state index is 12.3. The number of amidine groups is 2. The topological polar surface area (TPSA) is 45.0 Å². The third-order valence-corrected chi connectivity index (χ3v) is 4.72. The molecule has 3 heterocycles. The lowest BCUT2D eigenvalue weighted by molar-refractivity contribution is -0.113. The number of carbonyl (C=O) groups excluding carboxylic acids is 1. The molecule has 0 bridgehead atoms. The van der Waals surface area contributed by atoms with Gasteiger partial charge in [-0.05, 0) is 35.2 Å². The van der Waals surface area contributed by atoms with Crippen molar-refractivity contribution in [2.75, 3.05) is 0 Å². The monoisotopic (exact) mass is 345 g/mol. The van der Waals surface area contributed by atoms with Crippen LogP contribution in [-0.2, 0) is 11.3 Å². The molecule has 0 unspecified atom stereocenters. The van der Waals surface area contributed by atoms with Crippen molar-refractivity contribution in [2.45, 2.75) is 6.54 Å². The standard InChI is InChI=1S/C20H15N3OS/c24-19(11-10-16-7-5-13-25-16)22-20-17-8-2-1-6-15(17)14-23-12-4-3-9-18(23)21-20/h1-13H,14H2/b11-10-,22-20?. The number of hydrogen-bond donors (Lipinski definition) is 0. The van der Waals surface area contributed by atoms with Crippen molar-refractivity contribution in [3.8, 4) is 0 Å². The normalized spacial score (nSPS) is 17.4. The van der Waals surface area contributed by atoms with E-state index >= 15 is 0 Å². The molecule has 0 radical (unpaired) electrons. The first kappa shape index (κ1) is 15.5. The Labute approximate surface area is 149 Å². The molecule has 1 aromatic heterocycles. The lowest BCUT2D eigenvalue weighted by atomic mass is 10.1. The first-order valence-electron chi connectivity index (χ1n) is 7.92. The zero-order valence-electron chi connectivity index (χ0n) is 13.4. The van der Waals surface area contributed by atoms with Crippen molar-refractivity contribution in [3.63, 3.8) is 0 Å². The number of fused-ring (bicyclic) bond motifs is 2. The number of benzene rings is 1. The lowest BCUT2D eigenvalue weighted by Gasteiger charge is -2.20. The van der Waals surface area contributed by atoms with E-state index in [4.69, 9.17) is 0 Å². The molecule has 1 aromatic carbocycles. The van der Waals surface area contributed by atoms with Crippen LogP contribution in [-0.4, -0.2) is 22.5 Å². The van der Waals surface area contributed by atoms with Crippen molar-refractivity contribution in [1.29, 1.82) is 0 Å². The third kappa shape index (κ3) is 3.41. The first-order chi connectivity index (χ1) is 12.3. The van der Waals surface area contributed by atoms with E-state index in [1.807, 2.05) is 71.1 Å². The molecule has 2 aliphatic heterocycles. The zero-order chi connectivity index (χ0) is 17.1. The van der Waals surface area contributed by atoms with Gasteiger partial charge < -0.3 is 4.90 Å². The van der Waals surface area contributed by atoms with Gasteiger partial charge in [0, 0.05) is 29.3 Å². The van der Waals surface area contributed by atoms with Crippen molar-refractivity contribution in [2.24, 2.45) is 9.98 Å². The molecule has 0 aliphatic carbocycles. The van der Waals surface area contributed by atoms with Gasteiger partial charge in [0.15, 0.2) is 5.84 Å². The van der Waals surface area contributed by atoms with Crippen molar-refractivity contribution >= 4 is 35.0 Å². The molecule has 0 N–H and O–H groups in total. The molecule has 4 nitrogen and oxygen atoms in total. The van der Waals surface area contributed by atoms with E-state index in [1.54, 1.807) is 17.4 Å². The van der Waals surface area contributed by atoms with Crippen LogP contribution in [0.1, 0.15) is 16.0 Å². The van der Waals surface area contributed by atoms with E-state index in [0.717, 1.165) is 21.8 Å². The van der Waals surface area contributed by atoms with E-state index in [-0.39, 0.29) is 5.91 Å². The van der Waals surface area contributed by atoms with Gasteiger partial charge in [-0.3, -0.25) is 4.79 Å². The Balaban J connectivity index is 1.71. The molecule has 2 aliphatic rings. The summed E-state index contributed by atoms with van der Waals surface area (Å²) in [4.78, 5) is 24.3. The van der Waals surface area contributed by atoms with Gasteiger partial charge in [0.25, 0.3) is 5.91 Å². The molecule has 0 atom stereocenters. The largest absolute Gasteiger partial charge is 0.329 e. The molecule has 25 heavy (non-hydrogen) atoms. The second kappa shape index (κ2) is 6.83. The van der Waals surface area contributed by atoms with Crippen molar-refractivity contribution < 1.29 is 4.79 Å². The molecular formula is C20H15N3OS. The first-order valence-corrected chi connectivity index (χ1v) is 8.80. The van der Waals surface area contributed by atoms with Gasteiger partial charge in [-0.2, -0.15) is 4.99 Å². The Kier molecular flexibility index (Phi) is 4.23. The maximum Gasteiger partial charge on any atom is 0.271 e. The Morgan fingerprint density at radius 3 is 3.00 bits per heavy atom. The third-order valence-electron chi connectivity index (χ3n) is 3.89. The van der Waals surface area contributed by atoms with Gasteiger partial charge in [-0.1, -0.05) is 36.4 Å². The predicted molar refractivity (Wildman–Crippen MR) is 103 cm³/mol. The van der Waals surface area contributed by atoms with Gasteiger partial charge in [0.1, 0.15) is 5.84 Å². The molecule has 0 fully saturated rings. The number of carbonyl (C=O) groups is 1. The van der Waals surface area contributed by atoms with Crippen LogP contribution in [0.5, 0.6) is 0 Å². The number of allylic oxidation sites excluding steroid dienone is 2. The molecule has 0 saturated carbocycles. The SMILES string of the molecule is O=C(/C=C\c1cccs1)N=C1N=C2C=CC=CN2Cc2ccccc21. The smallest absolute Gasteiger partial charge is 0.271 e. The van der Waals surface area contributed by atoms with Crippen LogP contribution in [0, 0.1) is 0 Å². The highest BCUT2D eigenvalue weighted by Crippen LogP contribution is 2.20. The number of thiophene rings is 1. The quantitative estimate of drug-likeness (QED) is 0.771. The van der Waals surface area contributed by atoms with Crippen LogP contribution >= 0.6 is 11.3 Å². The highest BCUT2D eigenvalue weighted by atomic mass is 32.1. The van der Waals surface area contributed by atoms with Crippen molar-refractivity contribution in [1.82, 2.24) is 4.90 Å². The summed E-state index contributed by atoms with van der Waals surface area (Å²) in [5.74, 6) is 0.924. The molecule has 1 amide bonds. The molecule has 5 heteroatoms. The predicted octanol–water partition coefficient (Wildman–Crippen LogP) is 4.03. The van der Waals surface area contributed by atoms with Crippen LogP contribution in [0.2, 0.25) is 0 Å². The fourth-order valence-corrected chi connectivity index (χ4v) is 3.32. The zero-order valence-corrected chi connectivity index (χ0v) is 14.2. The molecule has 2 aromatic rings. The fraction of sp³-hybridized carbons (Fsp3) is 0.0500. The minimum Gasteiger partial charge on any atom is -0.329 e. The molecule has 0 saturated heterocycles. The summed E-state index contributed by atoms with van der Waals surface area (Å²) in [6.07, 6.45) is 11.1. The number of hydrogen-bond acceptors (Lipinski definition) is 3. The van der Waals surface area contributed by atoms with Gasteiger partial charge in [0.05, 0.1) is 0 Å². The lowest BCUT2D eigenvalue weighted by Crippen LogP contribution is -2.24. The van der Waals surface area contributed by atoms with Crippen LogP contribution in [0.3, 0.4) is 0 Å². The average molecular weight is 345 g/mol. The summed E-state index contributed by atoms with van der Waals surface area (Å²) in [5, 5.41) is 1.97. The Morgan fingerprint density at radius 1 is 1.20 bits per heavy atom. The van der Waals surface area contributed by atoms with Crippen LogP contribution in [0.15, 0.2) is 82.3 Å². The Hall–Kier alpha value is -3.05. The Bertz CT molecular complexity index is 949. The van der Waals surface area contributed by atoms with E-state index in [2.05, 4.69) is 9.98 Å². The van der Waals surface area contributed by atoms with Crippen LogP contribution in [0.25, 0.3) is 6.08 Å². The minimum atomic E-state index is -0.314. The van der Waals surface area contributed by atoms with Gasteiger partial charge >= 0.3 is 0 Å². The second-order valence-electron chi connectivity index (χ2n) is 5.58. The van der Waals surface area contributed by atoms with Crippen LogP contribution in [0.4, 0.5) is 0 Å². The highest BCUT2D eigenvalue weighted by molar-refractivity contribution is 7.10. The molecule has 0 spiro atoms. The van der Waals surface area contributed by atoms with E-state index in [0.29, 0.717) is 12.4 Å². The summed E-state index contributed by atoms with van der Waals surface area (Å²) in [6.45, 7) is 0.702. The maximum absolute atomic E-state index is 12.3. The molecule has 122 valence electrons.